The number of nitrogens with zero attached hydrogens (tertiary/aromatic N) is 1. The summed E-state index contributed by atoms with van der Waals surface area (Å²) in [5, 5.41) is -0.224. The lowest BCUT2D eigenvalue weighted by molar-refractivity contribution is 0.103. The topological polar surface area (TPSA) is 63.7 Å². The van der Waals surface area contributed by atoms with Crippen LogP contribution in [-0.2, 0) is 21.2 Å². The Balaban J connectivity index is 1.37. The van der Waals surface area contributed by atoms with Gasteiger partial charge in [-0.1, -0.05) is 72.8 Å². The van der Waals surface area contributed by atoms with Crippen molar-refractivity contribution in [1.29, 1.82) is 0 Å². The minimum Gasteiger partial charge on any atom is -0.445 e. The van der Waals surface area contributed by atoms with Crippen LogP contribution < -0.4 is 0 Å². The van der Waals surface area contributed by atoms with E-state index in [1.54, 1.807) is 17.0 Å². The molecule has 2 atom stereocenters. The zero-order chi connectivity index (χ0) is 22.6. The number of carbonyl (C=O) groups excluding carboxylic acids is 1. The molecule has 3 aromatic rings. The minimum absolute atomic E-state index is 0.0612. The van der Waals surface area contributed by atoms with Crippen LogP contribution in [-0.4, -0.2) is 43.5 Å². The monoisotopic (exact) mass is 467 g/mol. The van der Waals surface area contributed by atoms with E-state index in [-0.39, 0.29) is 28.4 Å². The second-order valence-corrected chi connectivity index (χ2v) is 10.6. The highest BCUT2D eigenvalue weighted by molar-refractivity contribution is 7.91. The number of ether oxygens (including phenoxy) is 1. The van der Waals surface area contributed by atoms with Crippen LogP contribution in [0.15, 0.2) is 89.8 Å². The second-order valence-electron chi connectivity index (χ2n) is 7.94. The third-order valence-corrected chi connectivity index (χ3v) is 8.07. The van der Waals surface area contributed by atoms with Gasteiger partial charge in [-0.2, -0.15) is 12.6 Å². The van der Waals surface area contributed by atoms with E-state index in [0.29, 0.717) is 13.1 Å². The van der Waals surface area contributed by atoms with Crippen molar-refractivity contribution in [2.24, 2.45) is 5.92 Å². The van der Waals surface area contributed by atoms with Gasteiger partial charge in [-0.25, -0.2) is 13.2 Å². The highest BCUT2D eigenvalue weighted by atomic mass is 32.2. The van der Waals surface area contributed by atoms with E-state index < -0.39 is 15.9 Å². The van der Waals surface area contributed by atoms with Gasteiger partial charge in [-0.05, 0) is 28.8 Å². The van der Waals surface area contributed by atoms with Crippen LogP contribution >= 0.6 is 12.6 Å². The molecule has 0 aliphatic carbocycles. The SMILES string of the molecule is O=C(OCc1ccccc1)N1C[C@H](CS(=O)(=O)c2ccc(-c3ccccc3)cc2)[C@@H](S)C1. The maximum Gasteiger partial charge on any atom is 0.410 e. The Labute approximate surface area is 194 Å². The van der Waals surface area contributed by atoms with Gasteiger partial charge in [-0.3, -0.25) is 0 Å². The molecule has 166 valence electrons. The molecule has 1 amide bonds. The summed E-state index contributed by atoms with van der Waals surface area (Å²) in [5.41, 5.74) is 2.90. The maximum atomic E-state index is 13.0. The Bertz CT molecular complexity index is 1150. The second kappa shape index (κ2) is 9.79. The van der Waals surface area contributed by atoms with Crippen LogP contribution in [0.4, 0.5) is 4.79 Å². The third kappa shape index (κ3) is 5.34. The van der Waals surface area contributed by atoms with Crippen molar-refractivity contribution >= 4 is 28.6 Å². The first kappa shape index (κ1) is 22.4. The molecule has 0 unspecified atom stereocenters. The fourth-order valence-corrected chi connectivity index (χ4v) is 6.03. The summed E-state index contributed by atoms with van der Waals surface area (Å²) in [6.45, 7) is 0.858. The Kier molecular flexibility index (Phi) is 6.86. The van der Waals surface area contributed by atoms with E-state index in [1.165, 1.54) is 0 Å². The van der Waals surface area contributed by atoms with E-state index in [1.807, 2.05) is 72.8 Å². The van der Waals surface area contributed by atoms with Crippen molar-refractivity contribution in [2.45, 2.75) is 16.8 Å². The normalized spacial score (nSPS) is 18.5. The average molecular weight is 468 g/mol. The third-order valence-electron chi connectivity index (χ3n) is 5.62. The van der Waals surface area contributed by atoms with Gasteiger partial charge in [0.1, 0.15) is 6.61 Å². The van der Waals surface area contributed by atoms with E-state index in [0.717, 1.165) is 16.7 Å². The molecular weight excluding hydrogens is 442 g/mol. The van der Waals surface area contributed by atoms with Crippen molar-refractivity contribution in [3.05, 3.63) is 90.5 Å². The summed E-state index contributed by atoms with van der Waals surface area (Å²) >= 11 is 4.55. The number of benzene rings is 3. The first-order valence-corrected chi connectivity index (χ1v) is 12.6. The molecule has 3 aromatic carbocycles. The van der Waals surface area contributed by atoms with Crippen LogP contribution in [0.25, 0.3) is 11.1 Å². The van der Waals surface area contributed by atoms with E-state index in [4.69, 9.17) is 4.74 Å². The molecule has 0 spiro atoms. The average Bonchev–Trinajstić information content (AvgIpc) is 3.18. The lowest BCUT2D eigenvalue weighted by atomic mass is 10.1. The predicted octanol–water partition coefficient (Wildman–Crippen LogP) is 4.69. The van der Waals surface area contributed by atoms with Crippen molar-refractivity contribution < 1.29 is 17.9 Å². The molecule has 4 rings (SSSR count). The number of hydrogen-bond acceptors (Lipinski definition) is 5. The molecule has 1 aliphatic rings. The summed E-state index contributed by atoms with van der Waals surface area (Å²) in [7, 11) is -3.51. The Morgan fingerprint density at radius 2 is 1.47 bits per heavy atom. The van der Waals surface area contributed by atoms with Gasteiger partial charge >= 0.3 is 6.09 Å². The van der Waals surface area contributed by atoms with Gasteiger partial charge in [-0.15, -0.1) is 0 Å². The standard InChI is InChI=1S/C25H25NO4S2/c27-25(30-17-19-7-3-1-4-8-19)26-15-22(24(31)16-26)18-32(28,29)23-13-11-21(12-14-23)20-9-5-2-6-10-20/h1-14,22,24,31H,15-18H2/t22-,24+/m1/s1. The fourth-order valence-electron chi connectivity index (χ4n) is 3.84. The molecule has 0 radical (unpaired) electrons. The number of likely N-dealkylation sites (tertiary alicyclic amines) is 1. The van der Waals surface area contributed by atoms with Gasteiger partial charge in [0.15, 0.2) is 9.84 Å². The van der Waals surface area contributed by atoms with Crippen LogP contribution in [0.3, 0.4) is 0 Å². The first-order chi connectivity index (χ1) is 15.4. The van der Waals surface area contributed by atoms with Crippen molar-refractivity contribution in [1.82, 2.24) is 4.90 Å². The van der Waals surface area contributed by atoms with Crippen molar-refractivity contribution in [2.75, 3.05) is 18.8 Å². The molecule has 0 bridgehead atoms. The summed E-state index contributed by atoms with van der Waals surface area (Å²) in [6, 6.07) is 26.2. The summed E-state index contributed by atoms with van der Waals surface area (Å²) in [6.07, 6.45) is -0.444. The van der Waals surface area contributed by atoms with Gasteiger partial charge in [0.05, 0.1) is 10.6 Å². The Morgan fingerprint density at radius 3 is 2.12 bits per heavy atom. The van der Waals surface area contributed by atoms with Crippen molar-refractivity contribution in [3.8, 4) is 11.1 Å². The molecular formula is C25H25NO4S2. The summed E-state index contributed by atoms with van der Waals surface area (Å²) in [5.74, 6) is -0.324. The minimum atomic E-state index is -3.51. The van der Waals surface area contributed by atoms with Gasteiger partial charge in [0.2, 0.25) is 0 Å². The zero-order valence-electron chi connectivity index (χ0n) is 17.5. The molecule has 1 saturated heterocycles. The highest BCUT2D eigenvalue weighted by Gasteiger charge is 2.37. The van der Waals surface area contributed by atoms with E-state index in [2.05, 4.69) is 12.6 Å². The number of rotatable bonds is 6. The number of hydrogen-bond donors (Lipinski definition) is 1. The predicted molar refractivity (Wildman–Crippen MR) is 128 cm³/mol. The molecule has 7 heteroatoms. The molecule has 32 heavy (non-hydrogen) atoms. The molecule has 0 aromatic heterocycles. The smallest absolute Gasteiger partial charge is 0.410 e. The molecule has 0 saturated carbocycles. The molecule has 5 nitrogen and oxygen atoms in total. The van der Waals surface area contributed by atoms with Crippen LogP contribution in [0.2, 0.25) is 0 Å². The van der Waals surface area contributed by atoms with Crippen LogP contribution in [0, 0.1) is 5.92 Å². The number of carbonyl (C=O) groups is 1. The van der Waals surface area contributed by atoms with Crippen LogP contribution in [0.5, 0.6) is 0 Å². The Hall–Kier alpha value is -2.77. The van der Waals surface area contributed by atoms with Crippen LogP contribution in [0.1, 0.15) is 5.56 Å². The first-order valence-electron chi connectivity index (χ1n) is 10.4. The van der Waals surface area contributed by atoms with Crippen molar-refractivity contribution in [3.63, 3.8) is 0 Å². The zero-order valence-corrected chi connectivity index (χ0v) is 19.2. The lowest BCUT2D eigenvalue weighted by Crippen LogP contribution is -2.30. The maximum absolute atomic E-state index is 13.0. The Morgan fingerprint density at radius 1 is 0.875 bits per heavy atom. The fraction of sp³-hybridized carbons (Fsp3) is 0.240. The number of sulfone groups is 1. The van der Waals surface area contributed by atoms with E-state index >= 15 is 0 Å². The van der Waals surface area contributed by atoms with Gasteiger partial charge < -0.3 is 9.64 Å². The number of thiol groups is 1. The summed E-state index contributed by atoms with van der Waals surface area (Å²) in [4.78, 5) is 14.3. The molecule has 1 aliphatic heterocycles. The number of amides is 1. The van der Waals surface area contributed by atoms with E-state index in [9.17, 15) is 13.2 Å². The quantitative estimate of drug-likeness (QED) is 0.534. The molecule has 1 fully saturated rings. The largest absolute Gasteiger partial charge is 0.445 e. The van der Waals surface area contributed by atoms with Gasteiger partial charge in [0, 0.05) is 24.3 Å². The molecule has 1 heterocycles. The highest BCUT2D eigenvalue weighted by Crippen LogP contribution is 2.28. The lowest BCUT2D eigenvalue weighted by Gasteiger charge is -2.16. The summed E-state index contributed by atoms with van der Waals surface area (Å²) < 4.78 is 31.4. The van der Waals surface area contributed by atoms with Gasteiger partial charge in [0.25, 0.3) is 0 Å². The molecule has 0 N–H and O–H groups in total.